The summed E-state index contributed by atoms with van der Waals surface area (Å²) < 4.78 is 19.5. The number of carbonyl (C=O) groups excluding carboxylic acids is 2. The smallest absolute Gasteiger partial charge is 0.310 e. The van der Waals surface area contributed by atoms with Gasteiger partial charge in [-0.15, -0.1) is 5.10 Å². The molecular weight excluding hydrogens is 520 g/mol. The van der Waals surface area contributed by atoms with E-state index >= 15 is 0 Å². The predicted molar refractivity (Wildman–Crippen MR) is 146 cm³/mol. The van der Waals surface area contributed by atoms with E-state index in [4.69, 9.17) is 25.8 Å². The van der Waals surface area contributed by atoms with Gasteiger partial charge in [0, 0.05) is 21.7 Å². The summed E-state index contributed by atoms with van der Waals surface area (Å²) in [6, 6.07) is 19.4. The third-order valence-electron chi connectivity index (χ3n) is 6.41. The molecule has 9 nitrogen and oxygen atoms in total. The molecule has 5 aromatic rings. The van der Waals surface area contributed by atoms with Crippen LogP contribution in [0.3, 0.4) is 0 Å². The number of ether oxygens (including phenoxy) is 3. The number of aromatic nitrogens is 4. The molecular formula is C29H25ClN4O5. The van der Waals surface area contributed by atoms with Gasteiger partial charge in [-0.1, -0.05) is 22.9 Å². The standard InChI is InChI=1S/C29H25ClN4O5/c1-18-24(15-27(35)39-17-21-16-33(32-31-21)22-11-13-23(37-2)14-12-22)28-25(5-4-6-26(28)38-3)34(18)29(36)19-7-9-20(30)10-8-19/h4-14,16H,15,17H2,1-3H3. The highest BCUT2D eigenvalue weighted by molar-refractivity contribution is 6.30. The van der Waals surface area contributed by atoms with Gasteiger partial charge >= 0.3 is 5.97 Å². The molecule has 10 heteroatoms. The minimum atomic E-state index is -0.471. The van der Waals surface area contributed by atoms with Gasteiger partial charge in [0.25, 0.3) is 5.91 Å². The highest BCUT2D eigenvalue weighted by Crippen LogP contribution is 2.34. The predicted octanol–water partition coefficient (Wildman–Crippen LogP) is 5.18. The second-order valence-corrected chi connectivity index (χ2v) is 9.19. The van der Waals surface area contributed by atoms with Crippen LogP contribution in [0.15, 0.2) is 72.9 Å². The van der Waals surface area contributed by atoms with E-state index in [0.717, 1.165) is 11.4 Å². The first-order valence-electron chi connectivity index (χ1n) is 12.1. The number of esters is 1. The van der Waals surface area contributed by atoms with Gasteiger partial charge in [-0.05, 0) is 73.2 Å². The second kappa shape index (κ2) is 11.0. The van der Waals surface area contributed by atoms with Crippen LogP contribution in [-0.2, 0) is 22.6 Å². The van der Waals surface area contributed by atoms with Gasteiger partial charge in [0.1, 0.15) is 23.8 Å². The quantitative estimate of drug-likeness (QED) is 0.248. The molecule has 0 bridgehead atoms. The number of halogens is 1. The Balaban J connectivity index is 1.38. The number of methoxy groups -OCH3 is 2. The fourth-order valence-corrected chi connectivity index (χ4v) is 4.58. The SMILES string of the molecule is COc1ccc(-n2cc(COC(=O)Cc3c(C)n(C(=O)c4ccc(Cl)cc4)c4cccc(OC)c34)nn2)cc1. The summed E-state index contributed by atoms with van der Waals surface area (Å²) in [5.41, 5.74) is 3.66. The number of hydrogen-bond acceptors (Lipinski definition) is 7. The van der Waals surface area contributed by atoms with Crippen molar-refractivity contribution >= 4 is 34.4 Å². The number of fused-ring (bicyclic) bond motifs is 1. The Bertz CT molecular complexity index is 1660. The molecule has 0 N–H and O–H groups in total. The van der Waals surface area contributed by atoms with Crippen LogP contribution in [0.25, 0.3) is 16.6 Å². The summed E-state index contributed by atoms with van der Waals surface area (Å²) in [5.74, 6) is 0.581. The van der Waals surface area contributed by atoms with Gasteiger partial charge in [0.15, 0.2) is 0 Å². The van der Waals surface area contributed by atoms with Crippen LogP contribution in [0.1, 0.15) is 27.3 Å². The number of rotatable bonds is 8. The molecule has 39 heavy (non-hydrogen) atoms. The van der Waals surface area contributed by atoms with Crippen molar-refractivity contribution in [3.63, 3.8) is 0 Å². The maximum absolute atomic E-state index is 13.5. The molecule has 0 saturated carbocycles. The molecule has 0 spiro atoms. The van der Waals surface area contributed by atoms with E-state index in [0.29, 0.717) is 44.2 Å². The molecule has 0 amide bonds. The normalized spacial score (nSPS) is 11.0. The molecule has 0 aliphatic rings. The lowest BCUT2D eigenvalue weighted by Crippen LogP contribution is -2.14. The third-order valence-corrected chi connectivity index (χ3v) is 6.67. The van der Waals surface area contributed by atoms with Crippen molar-refractivity contribution in [2.45, 2.75) is 20.0 Å². The first-order valence-corrected chi connectivity index (χ1v) is 12.5. The Hall–Kier alpha value is -4.63. The van der Waals surface area contributed by atoms with Crippen molar-refractivity contribution in [2.75, 3.05) is 14.2 Å². The van der Waals surface area contributed by atoms with Gasteiger partial charge in [0.2, 0.25) is 0 Å². The lowest BCUT2D eigenvalue weighted by Gasteiger charge is -2.08. The van der Waals surface area contributed by atoms with E-state index in [9.17, 15) is 9.59 Å². The highest BCUT2D eigenvalue weighted by atomic mass is 35.5. The molecule has 0 radical (unpaired) electrons. The van der Waals surface area contributed by atoms with Crippen LogP contribution in [-0.4, -0.2) is 45.7 Å². The van der Waals surface area contributed by atoms with E-state index < -0.39 is 5.97 Å². The Morgan fingerprint density at radius 2 is 1.69 bits per heavy atom. The van der Waals surface area contributed by atoms with Crippen molar-refractivity contribution in [3.8, 4) is 17.2 Å². The van der Waals surface area contributed by atoms with Crippen LogP contribution in [0.4, 0.5) is 0 Å². The molecule has 0 fully saturated rings. The Morgan fingerprint density at radius 1 is 0.949 bits per heavy atom. The van der Waals surface area contributed by atoms with Gasteiger partial charge in [-0.25, -0.2) is 4.68 Å². The summed E-state index contributed by atoms with van der Waals surface area (Å²) in [5, 5.41) is 9.43. The average molecular weight is 545 g/mol. The molecule has 0 saturated heterocycles. The first kappa shape index (κ1) is 26.0. The number of benzene rings is 3. The van der Waals surface area contributed by atoms with E-state index in [1.165, 1.54) is 0 Å². The summed E-state index contributed by atoms with van der Waals surface area (Å²) >= 11 is 6.01. The number of hydrogen-bond donors (Lipinski definition) is 0. The monoisotopic (exact) mass is 544 g/mol. The molecule has 2 heterocycles. The van der Waals surface area contributed by atoms with E-state index in [1.807, 2.05) is 30.3 Å². The Labute approximate surface area is 229 Å². The summed E-state index contributed by atoms with van der Waals surface area (Å²) in [6.45, 7) is 1.75. The van der Waals surface area contributed by atoms with Crippen molar-refractivity contribution in [2.24, 2.45) is 0 Å². The van der Waals surface area contributed by atoms with E-state index in [1.54, 1.807) is 73.0 Å². The minimum absolute atomic E-state index is 0.0481. The van der Waals surface area contributed by atoms with Gasteiger partial charge in [0.05, 0.1) is 38.0 Å². The summed E-state index contributed by atoms with van der Waals surface area (Å²) in [6.07, 6.45) is 1.64. The van der Waals surface area contributed by atoms with Crippen molar-refractivity contribution in [1.29, 1.82) is 0 Å². The van der Waals surface area contributed by atoms with Crippen LogP contribution in [0, 0.1) is 6.92 Å². The number of carbonyl (C=O) groups is 2. The van der Waals surface area contributed by atoms with Crippen LogP contribution >= 0.6 is 11.6 Å². The zero-order chi connectivity index (χ0) is 27.5. The maximum Gasteiger partial charge on any atom is 0.310 e. The van der Waals surface area contributed by atoms with Crippen LogP contribution in [0.5, 0.6) is 11.5 Å². The Morgan fingerprint density at radius 3 is 2.38 bits per heavy atom. The van der Waals surface area contributed by atoms with Crippen molar-refractivity contribution < 1.29 is 23.8 Å². The summed E-state index contributed by atoms with van der Waals surface area (Å²) in [7, 11) is 3.15. The molecule has 0 atom stereocenters. The lowest BCUT2D eigenvalue weighted by atomic mass is 10.1. The van der Waals surface area contributed by atoms with Crippen LogP contribution < -0.4 is 9.47 Å². The number of nitrogens with zero attached hydrogens (tertiary/aromatic N) is 4. The van der Waals surface area contributed by atoms with Crippen molar-refractivity contribution in [3.05, 3.63) is 100 Å². The minimum Gasteiger partial charge on any atom is -0.497 e. The molecule has 2 aromatic heterocycles. The fourth-order valence-electron chi connectivity index (χ4n) is 4.45. The van der Waals surface area contributed by atoms with Crippen molar-refractivity contribution in [1.82, 2.24) is 19.6 Å². The van der Waals surface area contributed by atoms with E-state index in [-0.39, 0.29) is 18.9 Å². The highest BCUT2D eigenvalue weighted by Gasteiger charge is 2.24. The Kier molecular flexibility index (Phi) is 7.33. The third kappa shape index (κ3) is 5.21. The fraction of sp³-hybridized carbons (Fsp3) is 0.172. The summed E-state index contributed by atoms with van der Waals surface area (Å²) in [4.78, 5) is 26.5. The first-order chi connectivity index (χ1) is 18.9. The second-order valence-electron chi connectivity index (χ2n) is 8.76. The van der Waals surface area contributed by atoms with Crippen LogP contribution in [0.2, 0.25) is 5.02 Å². The molecule has 3 aromatic carbocycles. The molecule has 198 valence electrons. The molecule has 0 aliphatic heterocycles. The van der Waals surface area contributed by atoms with Gasteiger partial charge < -0.3 is 14.2 Å². The van der Waals surface area contributed by atoms with E-state index in [2.05, 4.69) is 10.3 Å². The molecule has 0 unspecified atom stereocenters. The average Bonchev–Trinajstić information content (AvgIpc) is 3.54. The van der Waals surface area contributed by atoms with Gasteiger partial charge in [-0.2, -0.15) is 0 Å². The zero-order valence-corrected chi connectivity index (χ0v) is 22.3. The largest absolute Gasteiger partial charge is 0.497 e. The molecule has 0 aliphatic carbocycles. The lowest BCUT2D eigenvalue weighted by molar-refractivity contribution is -0.144. The topological polar surface area (TPSA) is 97.5 Å². The zero-order valence-electron chi connectivity index (χ0n) is 21.6. The van der Waals surface area contributed by atoms with Gasteiger partial charge in [-0.3, -0.25) is 14.2 Å². The molecule has 5 rings (SSSR count). The maximum atomic E-state index is 13.5.